The lowest BCUT2D eigenvalue weighted by atomic mass is 10.1. The van der Waals surface area contributed by atoms with Gasteiger partial charge in [0.05, 0.1) is 17.9 Å². The van der Waals surface area contributed by atoms with Gasteiger partial charge in [-0.25, -0.2) is 9.78 Å². The van der Waals surface area contributed by atoms with Crippen molar-refractivity contribution in [1.82, 2.24) is 4.98 Å². The van der Waals surface area contributed by atoms with E-state index in [4.69, 9.17) is 31.3 Å². The van der Waals surface area contributed by atoms with Gasteiger partial charge in [-0.05, 0) is 38.5 Å². The van der Waals surface area contributed by atoms with Crippen molar-refractivity contribution in [1.29, 1.82) is 0 Å². The van der Waals surface area contributed by atoms with Gasteiger partial charge in [0.15, 0.2) is 5.84 Å². The van der Waals surface area contributed by atoms with Crippen LogP contribution in [0.4, 0.5) is 0 Å². The first-order chi connectivity index (χ1) is 12.9. The van der Waals surface area contributed by atoms with E-state index in [9.17, 15) is 4.79 Å². The lowest BCUT2D eigenvalue weighted by Gasteiger charge is -2.10. The highest BCUT2D eigenvalue weighted by atomic mass is 35.5. The van der Waals surface area contributed by atoms with Gasteiger partial charge >= 0.3 is 5.97 Å². The van der Waals surface area contributed by atoms with Crippen LogP contribution in [0, 0.1) is 6.92 Å². The van der Waals surface area contributed by atoms with Crippen LogP contribution in [-0.2, 0) is 4.84 Å². The Morgan fingerprint density at radius 3 is 2.81 bits per heavy atom. The summed E-state index contributed by atoms with van der Waals surface area (Å²) in [5.74, 6) is -0.444. The molecular formula is C19H18ClN3O4. The second-order valence-electron chi connectivity index (χ2n) is 6.13. The third-order valence-electron chi connectivity index (χ3n) is 3.71. The molecule has 0 fully saturated rings. The number of nitrogens with two attached hydrogens (primary N) is 1. The number of hydrogen-bond acceptors (Lipinski definition) is 6. The molecule has 2 aromatic heterocycles. The summed E-state index contributed by atoms with van der Waals surface area (Å²) in [6, 6.07) is 6.82. The zero-order valence-electron chi connectivity index (χ0n) is 15.0. The van der Waals surface area contributed by atoms with Gasteiger partial charge in [-0.2, -0.15) is 0 Å². The lowest BCUT2D eigenvalue weighted by molar-refractivity contribution is 0.0515. The van der Waals surface area contributed by atoms with Crippen molar-refractivity contribution in [2.75, 3.05) is 0 Å². The fourth-order valence-corrected chi connectivity index (χ4v) is 2.67. The molecule has 0 bridgehead atoms. The predicted octanol–water partition coefficient (Wildman–Crippen LogP) is 4.05. The molecule has 0 saturated heterocycles. The molecule has 0 amide bonds. The van der Waals surface area contributed by atoms with Gasteiger partial charge in [0, 0.05) is 17.1 Å². The Morgan fingerprint density at radius 2 is 2.11 bits per heavy atom. The number of nitrogens with zero attached hydrogens (tertiary/aromatic N) is 2. The summed E-state index contributed by atoms with van der Waals surface area (Å²) in [6.07, 6.45) is 2.78. The van der Waals surface area contributed by atoms with Crippen molar-refractivity contribution >= 4 is 34.4 Å². The van der Waals surface area contributed by atoms with Crippen LogP contribution in [0.2, 0.25) is 5.02 Å². The minimum absolute atomic E-state index is 0.0496. The van der Waals surface area contributed by atoms with Gasteiger partial charge in [-0.3, -0.25) is 0 Å². The summed E-state index contributed by atoms with van der Waals surface area (Å²) in [7, 11) is 0. The second-order valence-corrected chi connectivity index (χ2v) is 6.53. The Hall–Kier alpha value is -3.06. The van der Waals surface area contributed by atoms with E-state index in [0.29, 0.717) is 11.1 Å². The van der Waals surface area contributed by atoms with Crippen LogP contribution >= 0.6 is 11.6 Å². The Labute approximate surface area is 160 Å². The monoisotopic (exact) mass is 387 g/mol. The number of aryl methyl sites for hydroxylation is 1. The van der Waals surface area contributed by atoms with Crippen LogP contribution < -0.4 is 10.5 Å². The number of halogens is 1. The minimum atomic E-state index is -0.737. The van der Waals surface area contributed by atoms with Crippen LogP contribution in [0.1, 0.15) is 35.3 Å². The van der Waals surface area contributed by atoms with Crippen LogP contribution in [0.25, 0.3) is 11.0 Å². The Kier molecular flexibility index (Phi) is 5.32. The van der Waals surface area contributed by atoms with Crippen molar-refractivity contribution in [2.24, 2.45) is 10.9 Å². The zero-order valence-corrected chi connectivity index (χ0v) is 15.8. The molecule has 3 rings (SSSR count). The number of amidine groups is 1. The maximum absolute atomic E-state index is 12.2. The van der Waals surface area contributed by atoms with Crippen molar-refractivity contribution < 1.29 is 18.8 Å². The van der Waals surface area contributed by atoms with Gasteiger partial charge in [0.25, 0.3) is 0 Å². The average molecular weight is 388 g/mol. The number of carbonyl (C=O) groups is 1. The molecule has 0 saturated carbocycles. The van der Waals surface area contributed by atoms with Crippen LogP contribution in [0.3, 0.4) is 0 Å². The number of ether oxygens (including phenoxy) is 1. The average Bonchev–Trinajstić information content (AvgIpc) is 3.11. The van der Waals surface area contributed by atoms with Gasteiger partial charge in [-0.15, -0.1) is 0 Å². The third kappa shape index (κ3) is 4.03. The van der Waals surface area contributed by atoms with Crippen molar-refractivity contribution in [3.8, 4) is 5.88 Å². The highest BCUT2D eigenvalue weighted by Crippen LogP contribution is 2.25. The highest BCUT2D eigenvalue weighted by Gasteiger charge is 2.15. The molecule has 7 nitrogen and oxygen atoms in total. The number of oxime groups is 1. The van der Waals surface area contributed by atoms with Gasteiger partial charge < -0.3 is 19.7 Å². The predicted molar refractivity (Wildman–Crippen MR) is 102 cm³/mol. The van der Waals surface area contributed by atoms with E-state index in [1.807, 2.05) is 26.8 Å². The van der Waals surface area contributed by atoms with E-state index in [1.54, 1.807) is 18.4 Å². The van der Waals surface area contributed by atoms with E-state index >= 15 is 0 Å². The summed E-state index contributed by atoms with van der Waals surface area (Å²) in [4.78, 5) is 21.1. The molecule has 8 heteroatoms. The molecule has 1 aromatic carbocycles. The quantitative estimate of drug-likeness (QED) is 0.307. The summed E-state index contributed by atoms with van der Waals surface area (Å²) in [6.45, 7) is 5.62. The number of pyridine rings is 1. The van der Waals surface area contributed by atoms with Crippen LogP contribution in [0.15, 0.2) is 46.3 Å². The molecule has 0 aliphatic carbocycles. The number of aromatic nitrogens is 1. The maximum Gasteiger partial charge on any atom is 0.367 e. The smallest absolute Gasteiger partial charge is 0.367 e. The van der Waals surface area contributed by atoms with E-state index in [-0.39, 0.29) is 28.4 Å². The summed E-state index contributed by atoms with van der Waals surface area (Å²) in [5.41, 5.74) is 8.38. The maximum atomic E-state index is 12.2. The molecule has 0 atom stereocenters. The van der Waals surface area contributed by atoms with E-state index in [0.717, 1.165) is 10.9 Å². The van der Waals surface area contributed by atoms with Gasteiger partial charge in [0.1, 0.15) is 10.6 Å². The summed E-state index contributed by atoms with van der Waals surface area (Å²) in [5, 5.41) is 4.72. The Bertz CT molecular complexity index is 1030. The number of fused-ring (bicyclic) bond motifs is 1. The first-order valence-corrected chi connectivity index (χ1v) is 8.58. The van der Waals surface area contributed by atoms with E-state index in [1.165, 1.54) is 12.3 Å². The molecule has 2 N–H and O–H groups in total. The molecule has 0 aliphatic heterocycles. The first kappa shape index (κ1) is 18.7. The standard InChI is InChI=1S/C19H18ClN3O4/c1-10(2)26-18-15(20)8-12(9-22-18)19(24)27-23-17(21)14-5-4-11(3)16-13(14)6-7-25-16/h4-10H,1-3H3,(H2,21,23). The van der Waals surface area contributed by atoms with Crippen molar-refractivity contribution in [2.45, 2.75) is 26.9 Å². The molecular weight excluding hydrogens is 370 g/mol. The van der Waals surface area contributed by atoms with Gasteiger partial charge in [0.2, 0.25) is 5.88 Å². The summed E-state index contributed by atoms with van der Waals surface area (Å²) >= 11 is 6.08. The fraction of sp³-hybridized carbons (Fsp3) is 0.211. The lowest BCUT2D eigenvalue weighted by Crippen LogP contribution is -2.16. The molecule has 0 radical (unpaired) electrons. The third-order valence-corrected chi connectivity index (χ3v) is 3.98. The molecule has 3 aromatic rings. The van der Waals surface area contributed by atoms with E-state index in [2.05, 4.69) is 10.1 Å². The number of furan rings is 1. The molecule has 2 heterocycles. The van der Waals surface area contributed by atoms with Gasteiger partial charge in [-0.1, -0.05) is 28.9 Å². The highest BCUT2D eigenvalue weighted by molar-refractivity contribution is 6.32. The number of rotatable bonds is 5. The largest absolute Gasteiger partial charge is 0.474 e. The number of hydrogen-bond donors (Lipinski definition) is 1. The number of benzene rings is 1. The molecule has 0 unspecified atom stereocenters. The molecule has 0 spiro atoms. The zero-order chi connectivity index (χ0) is 19.6. The van der Waals surface area contributed by atoms with Crippen LogP contribution in [-0.4, -0.2) is 22.9 Å². The number of carbonyl (C=O) groups excluding carboxylic acids is 1. The Balaban J connectivity index is 1.78. The minimum Gasteiger partial charge on any atom is -0.474 e. The molecule has 27 heavy (non-hydrogen) atoms. The first-order valence-electron chi connectivity index (χ1n) is 8.21. The SMILES string of the molecule is Cc1ccc(C(N)=NOC(=O)c2cnc(OC(C)C)c(Cl)c2)c2ccoc12. The topological polar surface area (TPSA) is 99.9 Å². The summed E-state index contributed by atoms with van der Waals surface area (Å²) < 4.78 is 10.9. The van der Waals surface area contributed by atoms with Crippen molar-refractivity contribution in [3.63, 3.8) is 0 Å². The van der Waals surface area contributed by atoms with E-state index < -0.39 is 5.97 Å². The molecule has 0 aliphatic rings. The second kappa shape index (κ2) is 7.67. The Morgan fingerprint density at radius 1 is 1.33 bits per heavy atom. The molecule has 140 valence electrons. The normalized spacial score (nSPS) is 11.8. The fourth-order valence-electron chi connectivity index (χ4n) is 2.46. The van der Waals surface area contributed by atoms with Crippen LogP contribution in [0.5, 0.6) is 5.88 Å². The van der Waals surface area contributed by atoms with Crippen molar-refractivity contribution in [3.05, 3.63) is 58.4 Å².